The van der Waals surface area contributed by atoms with Gasteiger partial charge in [0.05, 0.1) is 7.11 Å². The Morgan fingerprint density at radius 3 is 2.86 bits per heavy atom. The Morgan fingerprint density at radius 1 is 1.79 bits per heavy atom. The molecule has 0 saturated heterocycles. The fourth-order valence-corrected chi connectivity index (χ4v) is 1.49. The van der Waals surface area contributed by atoms with E-state index in [2.05, 4.69) is 9.83 Å². The number of carbonyl (C=O) groups is 1. The molecule has 0 bridgehead atoms. The predicted octanol–water partition coefficient (Wildman–Crippen LogP) is 0.0857. The summed E-state index contributed by atoms with van der Waals surface area (Å²) >= 11 is 1.30. The first-order chi connectivity index (χ1) is 6.56. The molecule has 6 nitrogen and oxygen atoms in total. The summed E-state index contributed by atoms with van der Waals surface area (Å²) in [6.45, 7) is 1.83. The second kappa shape index (κ2) is 4.25. The van der Waals surface area contributed by atoms with Crippen LogP contribution in [0.4, 0.5) is 4.79 Å². The fourth-order valence-electron chi connectivity index (χ4n) is 0.713. The van der Waals surface area contributed by atoms with E-state index in [9.17, 15) is 4.79 Å². The van der Waals surface area contributed by atoms with Crippen molar-refractivity contribution in [2.24, 2.45) is 4.99 Å². The van der Waals surface area contributed by atoms with Gasteiger partial charge in [0.25, 0.3) is 0 Å². The largest absolute Gasteiger partial charge is 0.369 e. The second-order valence-corrected chi connectivity index (χ2v) is 3.44. The Bertz CT molecular complexity index is 395. The highest BCUT2D eigenvalue weighted by Crippen LogP contribution is 1.95. The molecule has 1 aromatic heterocycles. The van der Waals surface area contributed by atoms with Crippen molar-refractivity contribution in [2.75, 3.05) is 20.0 Å². The molecular weight excluding hydrogens is 204 g/mol. The zero-order valence-corrected chi connectivity index (χ0v) is 9.04. The average molecular weight is 216 g/mol. The van der Waals surface area contributed by atoms with Crippen molar-refractivity contribution in [2.45, 2.75) is 6.92 Å². The number of carbonyl (C=O) groups excluding carboxylic acids is 1. The number of hydrogen-bond donors (Lipinski definition) is 1. The Morgan fingerprint density at radius 2 is 2.43 bits per heavy atom. The molecule has 2 amide bonds. The summed E-state index contributed by atoms with van der Waals surface area (Å²) in [6.07, 6.45) is 0. The van der Waals surface area contributed by atoms with Gasteiger partial charge in [0.1, 0.15) is 0 Å². The molecule has 2 N–H and O–H groups in total. The van der Waals surface area contributed by atoms with Crippen LogP contribution in [0.1, 0.15) is 5.69 Å². The van der Waals surface area contributed by atoms with Crippen LogP contribution in [-0.4, -0.2) is 29.9 Å². The zero-order chi connectivity index (χ0) is 10.7. The fraction of sp³-hybridized carbons (Fsp3) is 0.429. The summed E-state index contributed by atoms with van der Waals surface area (Å²) in [4.78, 5) is 20.2. The normalized spacial score (nSPS) is 11.8. The van der Waals surface area contributed by atoms with Gasteiger partial charge in [0, 0.05) is 18.1 Å². The molecule has 78 valence electrons. The summed E-state index contributed by atoms with van der Waals surface area (Å²) < 4.78 is 1.35. The molecule has 0 aliphatic heterocycles. The van der Waals surface area contributed by atoms with Crippen LogP contribution in [0.2, 0.25) is 0 Å². The third-order valence-electron chi connectivity index (χ3n) is 1.66. The summed E-state index contributed by atoms with van der Waals surface area (Å²) in [5.74, 6) is 5.61. The van der Waals surface area contributed by atoms with E-state index >= 15 is 0 Å². The summed E-state index contributed by atoms with van der Waals surface area (Å²) in [6, 6.07) is -0.492. The molecule has 0 unspecified atom stereocenters. The number of nitrogens with zero attached hydrogens (tertiary/aromatic N) is 3. The highest BCUT2D eigenvalue weighted by atomic mass is 32.1. The van der Waals surface area contributed by atoms with Gasteiger partial charge < -0.3 is 5.84 Å². The first-order valence-corrected chi connectivity index (χ1v) is 4.73. The van der Waals surface area contributed by atoms with E-state index in [4.69, 9.17) is 5.84 Å². The number of hydroxylamine groups is 2. The second-order valence-electron chi connectivity index (χ2n) is 2.60. The van der Waals surface area contributed by atoms with E-state index in [1.165, 1.54) is 30.2 Å². The van der Waals surface area contributed by atoms with Gasteiger partial charge >= 0.3 is 6.03 Å². The lowest BCUT2D eigenvalue weighted by Crippen LogP contribution is -2.29. The van der Waals surface area contributed by atoms with Crippen molar-refractivity contribution >= 4 is 17.4 Å². The molecule has 0 spiro atoms. The van der Waals surface area contributed by atoms with E-state index < -0.39 is 6.03 Å². The highest BCUT2D eigenvalue weighted by molar-refractivity contribution is 7.07. The number of amides is 2. The molecule has 7 heteroatoms. The van der Waals surface area contributed by atoms with Gasteiger partial charge in [-0.2, -0.15) is 4.99 Å². The molecule has 1 aromatic rings. The van der Waals surface area contributed by atoms with Gasteiger partial charge in [0.15, 0.2) is 0 Å². The Labute approximate surface area is 85.2 Å². The van der Waals surface area contributed by atoms with Crippen LogP contribution in [0.5, 0.6) is 0 Å². The van der Waals surface area contributed by atoms with Crippen LogP contribution in [0, 0.1) is 6.92 Å². The number of aromatic nitrogens is 1. The first kappa shape index (κ1) is 10.7. The molecular formula is C7H12N4O2S. The van der Waals surface area contributed by atoms with Crippen LogP contribution < -0.4 is 10.6 Å². The van der Waals surface area contributed by atoms with Crippen LogP contribution in [0.25, 0.3) is 0 Å². The van der Waals surface area contributed by atoms with Gasteiger partial charge in [-0.15, -0.1) is 11.3 Å². The zero-order valence-electron chi connectivity index (χ0n) is 8.22. The van der Waals surface area contributed by atoms with Gasteiger partial charge in [-0.3, -0.25) is 4.84 Å². The lowest BCUT2D eigenvalue weighted by atomic mass is 10.6. The minimum Gasteiger partial charge on any atom is -0.337 e. The SMILES string of the molecule is CON(C)C(=O)/N=c1/scc(C)n1N. The lowest BCUT2D eigenvalue weighted by molar-refractivity contribution is -0.0616. The quantitative estimate of drug-likeness (QED) is 0.534. The maximum Gasteiger partial charge on any atom is 0.369 e. The third kappa shape index (κ3) is 2.12. The molecule has 1 rings (SSSR count). The van der Waals surface area contributed by atoms with Gasteiger partial charge in [-0.25, -0.2) is 14.5 Å². The predicted molar refractivity (Wildman–Crippen MR) is 52.9 cm³/mol. The Kier molecular flexibility index (Phi) is 3.26. The Hall–Kier alpha value is -1.34. The van der Waals surface area contributed by atoms with Crippen molar-refractivity contribution in [3.63, 3.8) is 0 Å². The van der Waals surface area contributed by atoms with E-state index in [1.807, 2.05) is 12.3 Å². The number of aryl methyl sites for hydroxylation is 1. The number of nitrogens with two attached hydrogens (primary N) is 1. The maximum absolute atomic E-state index is 11.3. The highest BCUT2D eigenvalue weighted by Gasteiger charge is 2.06. The molecule has 0 fully saturated rings. The first-order valence-electron chi connectivity index (χ1n) is 3.85. The number of nitrogen functional groups attached to an aromatic ring is 1. The average Bonchev–Trinajstić information content (AvgIpc) is 2.48. The summed E-state index contributed by atoms with van der Waals surface area (Å²) in [7, 11) is 2.87. The molecule has 14 heavy (non-hydrogen) atoms. The maximum atomic E-state index is 11.3. The molecule has 0 aliphatic carbocycles. The lowest BCUT2D eigenvalue weighted by Gasteiger charge is -2.08. The van der Waals surface area contributed by atoms with Crippen molar-refractivity contribution in [3.05, 3.63) is 15.9 Å². The van der Waals surface area contributed by atoms with Crippen molar-refractivity contribution in [3.8, 4) is 0 Å². The monoisotopic (exact) mass is 216 g/mol. The third-order valence-corrected chi connectivity index (χ3v) is 2.61. The Balaban J connectivity index is 2.99. The number of hydrogen-bond acceptors (Lipinski definition) is 4. The van der Waals surface area contributed by atoms with Gasteiger partial charge in [0.2, 0.25) is 4.80 Å². The molecule has 0 aliphatic rings. The summed E-state index contributed by atoms with van der Waals surface area (Å²) in [5, 5.41) is 2.84. The standard InChI is InChI=1S/C7H12N4O2S/c1-5-4-14-7(11(5)8)9-6(12)10(2)13-3/h4H,8H2,1-3H3/b9-7+. The number of rotatable bonds is 1. The summed E-state index contributed by atoms with van der Waals surface area (Å²) in [5.41, 5.74) is 0.849. The van der Waals surface area contributed by atoms with Crippen LogP contribution >= 0.6 is 11.3 Å². The molecule has 0 saturated carbocycles. The van der Waals surface area contributed by atoms with E-state index in [0.717, 1.165) is 10.8 Å². The van der Waals surface area contributed by atoms with E-state index in [1.54, 1.807) is 0 Å². The van der Waals surface area contributed by atoms with Crippen molar-refractivity contribution < 1.29 is 9.63 Å². The minimum atomic E-state index is -0.492. The van der Waals surface area contributed by atoms with E-state index in [0.29, 0.717) is 4.80 Å². The van der Waals surface area contributed by atoms with Crippen molar-refractivity contribution in [1.82, 2.24) is 9.74 Å². The van der Waals surface area contributed by atoms with Gasteiger partial charge in [-0.1, -0.05) is 0 Å². The smallest absolute Gasteiger partial charge is 0.337 e. The molecule has 1 heterocycles. The topological polar surface area (TPSA) is 72.8 Å². The molecule has 0 atom stereocenters. The number of thiazole rings is 1. The number of urea groups is 1. The minimum absolute atomic E-state index is 0.441. The van der Waals surface area contributed by atoms with Gasteiger partial charge in [-0.05, 0) is 6.92 Å². The molecule has 0 aromatic carbocycles. The van der Waals surface area contributed by atoms with Crippen LogP contribution in [-0.2, 0) is 4.84 Å². The van der Waals surface area contributed by atoms with Crippen LogP contribution in [0.3, 0.4) is 0 Å². The van der Waals surface area contributed by atoms with E-state index in [-0.39, 0.29) is 0 Å². The van der Waals surface area contributed by atoms with Crippen molar-refractivity contribution in [1.29, 1.82) is 0 Å². The van der Waals surface area contributed by atoms with Crippen LogP contribution in [0.15, 0.2) is 10.4 Å². The molecule has 0 radical (unpaired) electrons.